The molecule has 1 spiro atoms. The third kappa shape index (κ3) is 2.94. The van der Waals surface area contributed by atoms with Crippen LogP contribution in [0.4, 0.5) is 0 Å². The molecular formula is C26H17NO8. The Balaban J connectivity index is 1.47. The maximum Gasteiger partial charge on any atom is 0.340 e. The normalized spacial score (nSPS) is 17.0. The van der Waals surface area contributed by atoms with E-state index in [2.05, 4.69) is 0 Å². The maximum atomic E-state index is 13.1. The van der Waals surface area contributed by atoms with Crippen molar-refractivity contribution in [3.05, 3.63) is 82.4 Å². The molecule has 0 saturated carbocycles. The Bertz CT molecular complexity index is 1420. The van der Waals surface area contributed by atoms with E-state index < -0.39 is 29.3 Å². The minimum atomic E-state index is -1.40. The van der Waals surface area contributed by atoms with Crippen LogP contribution in [0.1, 0.15) is 45.5 Å². The van der Waals surface area contributed by atoms with Crippen molar-refractivity contribution in [1.82, 2.24) is 4.90 Å². The van der Waals surface area contributed by atoms with Gasteiger partial charge < -0.3 is 19.7 Å². The van der Waals surface area contributed by atoms with Gasteiger partial charge >= 0.3 is 5.97 Å². The van der Waals surface area contributed by atoms with Crippen LogP contribution < -0.4 is 4.74 Å². The summed E-state index contributed by atoms with van der Waals surface area (Å²) < 4.78 is 11.9. The largest absolute Gasteiger partial charge is 0.508 e. The van der Waals surface area contributed by atoms with Crippen molar-refractivity contribution in [1.29, 1.82) is 0 Å². The molecule has 3 aliphatic rings. The van der Waals surface area contributed by atoms with Crippen LogP contribution in [-0.4, -0.2) is 38.8 Å². The number of hydrogen-bond donors (Lipinski definition) is 2. The van der Waals surface area contributed by atoms with Gasteiger partial charge in [0, 0.05) is 41.7 Å². The highest BCUT2D eigenvalue weighted by Crippen LogP contribution is 2.57. The number of carbonyl (C=O) groups excluding carboxylic acids is 4. The Hall–Kier alpha value is -4.66. The molecule has 6 rings (SSSR count). The average molecular weight is 471 g/mol. The summed E-state index contributed by atoms with van der Waals surface area (Å²) in [4.78, 5) is 50.2. The smallest absolute Gasteiger partial charge is 0.340 e. The van der Waals surface area contributed by atoms with Gasteiger partial charge in [0.15, 0.2) is 5.60 Å². The molecule has 0 radical (unpaired) electrons. The summed E-state index contributed by atoms with van der Waals surface area (Å²) in [5.74, 6) is -1.92. The fourth-order valence-corrected chi connectivity index (χ4v) is 4.97. The van der Waals surface area contributed by atoms with Gasteiger partial charge in [0.25, 0.3) is 0 Å². The Morgan fingerprint density at radius 2 is 1.40 bits per heavy atom. The molecule has 0 aliphatic carbocycles. The van der Waals surface area contributed by atoms with E-state index in [-0.39, 0.29) is 47.8 Å². The van der Waals surface area contributed by atoms with Crippen molar-refractivity contribution in [3.63, 3.8) is 0 Å². The number of amides is 3. The molecule has 3 amide bonds. The molecule has 3 heterocycles. The van der Waals surface area contributed by atoms with Crippen molar-refractivity contribution < 1.29 is 38.9 Å². The first-order valence-electron chi connectivity index (χ1n) is 10.9. The van der Waals surface area contributed by atoms with Gasteiger partial charge in [-0.2, -0.15) is 0 Å². The van der Waals surface area contributed by atoms with Crippen molar-refractivity contribution >= 4 is 23.7 Å². The molecule has 3 aromatic carbocycles. The first-order chi connectivity index (χ1) is 16.8. The highest BCUT2D eigenvalue weighted by atomic mass is 16.6. The van der Waals surface area contributed by atoms with Crippen LogP contribution in [0.15, 0.2) is 54.6 Å². The lowest BCUT2D eigenvalue weighted by Crippen LogP contribution is -2.36. The van der Waals surface area contributed by atoms with E-state index in [1.54, 1.807) is 24.3 Å². The van der Waals surface area contributed by atoms with E-state index in [9.17, 15) is 29.4 Å². The molecular weight excluding hydrogens is 454 g/mol. The number of esters is 1. The van der Waals surface area contributed by atoms with Gasteiger partial charge in [-0.05, 0) is 35.9 Å². The number of fused-ring (bicyclic) bond motifs is 6. The fraction of sp³-hybridized carbons (Fsp3) is 0.154. The zero-order valence-corrected chi connectivity index (χ0v) is 18.1. The van der Waals surface area contributed by atoms with Crippen LogP contribution in [0.3, 0.4) is 0 Å². The van der Waals surface area contributed by atoms with Crippen LogP contribution in [0, 0.1) is 0 Å². The molecule has 1 fully saturated rings. The van der Waals surface area contributed by atoms with Crippen molar-refractivity contribution in [2.24, 2.45) is 0 Å². The molecule has 3 aliphatic heterocycles. The average Bonchev–Trinajstić information content (AvgIpc) is 3.29. The number of likely N-dealkylation sites (tertiary alicyclic amines) is 1. The van der Waals surface area contributed by atoms with Crippen molar-refractivity contribution in [3.8, 4) is 23.0 Å². The van der Waals surface area contributed by atoms with Crippen LogP contribution >= 0.6 is 0 Å². The van der Waals surface area contributed by atoms with Gasteiger partial charge in [-0.15, -0.1) is 0 Å². The standard InChI is InChI=1S/C26H17NO8/c28-14-2-5-18-20(11-14)34-21-12-15(29)3-6-19(21)26(18)17-4-1-13(9-16(17)25(33)35-26)10-24(32)27-22(30)7-8-23(27)31/h1-6,9,11-12,28-29H,7-8,10H2. The summed E-state index contributed by atoms with van der Waals surface area (Å²) in [6, 6.07) is 13.7. The van der Waals surface area contributed by atoms with Gasteiger partial charge in [-0.1, -0.05) is 12.1 Å². The zero-order chi connectivity index (χ0) is 24.5. The highest BCUT2D eigenvalue weighted by molar-refractivity contribution is 6.15. The number of ether oxygens (including phenoxy) is 2. The third-order valence-electron chi connectivity index (χ3n) is 6.49. The minimum Gasteiger partial charge on any atom is -0.508 e. The van der Waals surface area contributed by atoms with E-state index in [0.29, 0.717) is 27.2 Å². The van der Waals surface area contributed by atoms with Gasteiger partial charge in [-0.25, -0.2) is 9.69 Å². The summed E-state index contributed by atoms with van der Waals surface area (Å²) in [6.45, 7) is 0. The minimum absolute atomic E-state index is 0.00953. The SMILES string of the molecule is O=C1OC2(c3ccc(O)cc3Oc3cc(O)ccc32)c2ccc(CC(=O)N3C(=O)CCC3=O)cc21. The van der Waals surface area contributed by atoms with Crippen LogP contribution in [0.5, 0.6) is 23.0 Å². The summed E-state index contributed by atoms with van der Waals surface area (Å²) >= 11 is 0. The zero-order valence-electron chi connectivity index (χ0n) is 18.1. The molecule has 0 unspecified atom stereocenters. The molecule has 9 heteroatoms. The predicted molar refractivity (Wildman–Crippen MR) is 118 cm³/mol. The fourth-order valence-electron chi connectivity index (χ4n) is 4.97. The molecule has 174 valence electrons. The molecule has 9 nitrogen and oxygen atoms in total. The van der Waals surface area contributed by atoms with Crippen molar-refractivity contribution in [2.75, 3.05) is 0 Å². The summed E-state index contributed by atoms with van der Waals surface area (Å²) in [5.41, 5.74) is 0.721. The number of hydrogen-bond acceptors (Lipinski definition) is 8. The second-order valence-electron chi connectivity index (χ2n) is 8.61. The van der Waals surface area contributed by atoms with Gasteiger partial charge in [0.05, 0.1) is 12.0 Å². The number of phenolic OH excluding ortho intramolecular Hbond substituents is 2. The van der Waals surface area contributed by atoms with Gasteiger partial charge in [-0.3, -0.25) is 14.4 Å². The summed E-state index contributed by atoms with van der Waals surface area (Å²) in [7, 11) is 0. The van der Waals surface area contributed by atoms with E-state index in [1.807, 2.05) is 0 Å². The molecule has 3 aromatic rings. The molecule has 0 atom stereocenters. The number of aromatic hydroxyl groups is 2. The van der Waals surface area contributed by atoms with Gasteiger partial charge in [0.2, 0.25) is 17.7 Å². The lowest BCUT2D eigenvalue weighted by atomic mass is 9.77. The molecule has 1 saturated heterocycles. The maximum absolute atomic E-state index is 13.1. The number of benzene rings is 3. The number of imide groups is 3. The van der Waals surface area contributed by atoms with Crippen LogP contribution in [0.2, 0.25) is 0 Å². The second-order valence-corrected chi connectivity index (χ2v) is 8.61. The lowest BCUT2D eigenvalue weighted by molar-refractivity contribution is -0.149. The number of rotatable bonds is 2. The van der Waals surface area contributed by atoms with Gasteiger partial charge in [0.1, 0.15) is 23.0 Å². The molecule has 2 N–H and O–H groups in total. The monoisotopic (exact) mass is 471 g/mol. The van der Waals surface area contributed by atoms with Crippen LogP contribution in [-0.2, 0) is 31.1 Å². The predicted octanol–water partition coefficient (Wildman–Crippen LogP) is 2.88. The molecule has 0 aromatic heterocycles. The Kier molecular flexibility index (Phi) is 4.28. The van der Waals surface area contributed by atoms with Crippen LogP contribution in [0.25, 0.3) is 0 Å². The number of phenols is 2. The topological polar surface area (TPSA) is 130 Å². The number of nitrogens with zero attached hydrogens (tertiary/aromatic N) is 1. The summed E-state index contributed by atoms with van der Waals surface area (Å²) in [5, 5.41) is 20.0. The van der Waals surface area contributed by atoms with E-state index in [1.165, 1.54) is 30.3 Å². The first kappa shape index (κ1) is 20.9. The molecule has 35 heavy (non-hydrogen) atoms. The second kappa shape index (κ2) is 7.17. The Labute approximate surface area is 198 Å². The number of carbonyl (C=O) groups is 4. The Morgan fingerprint density at radius 1 is 0.829 bits per heavy atom. The van der Waals surface area contributed by atoms with E-state index >= 15 is 0 Å². The highest BCUT2D eigenvalue weighted by Gasteiger charge is 2.53. The Morgan fingerprint density at radius 3 is 2.00 bits per heavy atom. The lowest BCUT2D eigenvalue weighted by Gasteiger charge is -2.36. The molecule has 0 bridgehead atoms. The van der Waals surface area contributed by atoms with E-state index in [4.69, 9.17) is 9.47 Å². The summed E-state index contributed by atoms with van der Waals surface area (Å²) in [6.07, 6.45) is -0.214. The quantitative estimate of drug-likeness (QED) is 0.431. The van der Waals surface area contributed by atoms with Crippen molar-refractivity contribution in [2.45, 2.75) is 24.9 Å². The first-order valence-corrected chi connectivity index (χ1v) is 10.9. The van der Waals surface area contributed by atoms with E-state index in [0.717, 1.165) is 0 Å². The third-order valence-corrected chi connectivity index (χ3v) is 6.49.